The summed E-state index contributed by atoms with van der Waals surface area (Å²) in [4.78, 5) is 0. The summed E-state index contributed by atoms with van der Waals surface area (Å²) in [5, 5.41) is 0. The molecule has 1 aromatic heterocycles. The van der Waals surface area contributed by atoms with Crippen molar-refractivity contribution >= 4 is 0 Å². The van der Waals surface area contributed by atoms with Crippen LogP contribution in [-0.2, 0) is 6.42 Å². The van der Waals surface area contributed by atoms with Crippen molar-refractivity contribution in [3.63, 3.8) is 0 Å². The topological polar surface area (TPSA) is 13.1 Å². The van der Waals surface area contributed by atoms with E-state index in [1.807, 2.05) is 30.3 Å². The molecule has 0 aliphatic heterocycles. The molecule has 2 aromatic rings. The Labute approximate surface area is 71.6 Å². The number of hydrogen-bond donors (Lipinski definition) is 0. The fourth-order valence-corrected chi connectivity index (χ4v) is 1.15. The van der Waals surface area contributed by atoms with Crippen molar-refractivity contribution in [1.82, 2.24) is 0 Å². The molecule has 1 radical (unpaired) electrons. The summed E-state index contributed by atoms with van der Waals surface area (Å²) in [5.74, 6) is 0.995. The summed E-state index contributed by atoms with van der Waals surface area (Å²) in [6.45, 7) is 0. The Morgan fingerprint density at radius 2 is 2.25 bits per heavy atom. The third-order valence-electron chi connectivity index (χ3n) is 1.73. The van der Waals surface area contributed by atoms with Crippen molar-refractivity contribution in [1.29, 1.82) is 0 Å². The first-order chi connectivity index (χ1) is 5.95. The second-order valence-electron chi connectivity index (χ2n) is 2.67. The Bertz CT molecular complexity index is 321. The molecule has 1 nitrogen and oxygen atoms in total. The van der Waals surface area contributed by atoms with E-state index >= 15 is 0 Å². The highest BCUT2D eigenvalue weighted by Crippen LogP contribution is 2.08. The number of hydrogen-bond acceptors (Lipinski definition) is 1. The summed E-state index contributed by atoms with van der Waals surface area (Å²) in [5.41, 5.74) is 1.23. The minimum atomic E-state index is 0.852. The van der Waals surface area contributed by atoms with Gasteiger partial charge in [-0.05, 0) is 23.8 Å². The molecule has 0 aliphatic rings. The van der Waals surface area contributed by atoms with Crippen LogP contribution >= 0.6 is 0 Å². The molecule has 1 aromatic carbocycles. The zero-order chi connectivity index (χ0) is 8.23. The van der Waals surface area contributed by atoms with Crippen molar-refractivity contribution < 1.29 is 4.42 Å². The Morgan fingerprint density at radius 1 is 1.25 bits per heavy atom. The lowest BCUT2D eigenvalue weighted by Crippen LogP contribution is -1.83. The van der Waals surface area contributed by atoms with Gasteiger partial charge in [0.15, 0.2) is 0 Å². The van der Waals surface area contributed by atoms with Crippen LogP contribution in [0.3, 0.4) is 0 Å². The molecule has 0 N–H and O–H groups in total. The highest BCUT2D eigenvalue weighted by atomic mass is 16.3. The van der Waals surface area contributed by atoms with Gasteiger partial charge in [0.05, 0.1) is 6.26 Å². The Hall–Kier alpha value is -1.50. The van der Waals surface area contributed by atoms with Gasteiger partial charge in [-0.1, -0.05) is 24.3 Å². The Kier molecular flexibility index (Phi) is 1.95. The normalized spacial score (nSPS) is 10.0. The van der Waals surface area contributed by atoms with E-state index in [9.17, 15) is 0 Å². The average molecular weight is 157 g/mol. The van der Waals surface area contributed by atoms with Gasteiger partial charge in [-0.15, -0.1) is 0 Å². The minimum Gasteiger partial charge on any atom is -0.469 e. The highest BCUT2D eigenvalue weighted by molar-refractivity contribution is 5.19. The monoisotopic (exact) mass is 157 g/mol. The van der Waals surface area contributed by atoms with E-state index in [1.54, 1.807) is 6.26 Å². The van der Waals surface area contributed by atoms with Crippen LogP contribution in [0.4, 0.5) is 0 Å². The predicted molar refractivity (Wildman–Crippen MR) is 46.8 cm³/mol. The maximum absolute atomic E-state index is 5.22. The zero-order valence-electron chi connectivity index (χ0n) is 6.66. The third kappa shape index (κ3) is 1.56. The minimum absolute atomic E-state index is 0.852. The van der Waals surface area contributed by atoms with Crippen molar-refractivity contribution in [3.8, 4) is 0 Å². The van der Waals surface area contributed by atoms with Crippen LogP contribution in [0.5, 0.6) is 0 Å². The van der Waals surface area contributed by atoms with Gasteiger partial charge in [-0.2, -0.15) is 0 Å². The van der Waals surface area contributed by atoms with Crippen LogP contribution in [-0.4, -0.2) is 0 Å². The van der Waals surface area contributed by atoms with Gasteiger partial charge >= 0.3 is 0 Å². The molecule has 2 rings (SSSR count). The van der Waals surface area contributed by atoms with Crippen molar-refractivity contribution in [2.75, 3.05) is 0 Å². The molecule has 0 bridgehead atoms. The Balaban J connectivity index is 2.15. The Morgan fingerprint density at radius 3 is 2.92 bits per heavy atom. The molecule has 0 saturated heterocycles. The molecule has 0 amide bonds. The number of benzene rings is 1. The first-order valence-corrected chi connectivity index (χ1v) is 3.92. The molecule has 0 atom stereocenters. The molecule has 59 valence electrons. The molecular weight excluding hydrogens is 148 g/mol. The standard InChI is InChI=1S/C11H9O/c1-2-5-10(6-3-1)9-11-7-4-8-12-11/h1-2,4-8H,9H2. The molecule has 0 aliphatic carbocycles. The first kappa shape index (κ1) is 7.17. The molecular formula is C11H9O. The fourth-order valence-electron chi connectivity index (χ4n) is 1.15. The van der Waals surface area contributed by atoms with E-state index in [0.717, 1.165) is 12.2 Å². The van der Waals surface area contributed by atoms with Crippen LogP contribution in [0.2, 0.25) is 0 Å². The SMILES string of the molecule is [c]1cccc(Cc2ccco2)c1. The molecule has 0 fully saturated rings. The van der Waals surface area contributed by atoms with E-state index in [1.165, 1.54) is 5.56 Å². The van der Waals surface area contributed by atoms with Crippen molar-refractivity contribution in [2.24, 2.45) is 0 Å². The molecule has 12 heavy (non-hydrogen) atoms. The summed E-state index contributed by atoms with van der Waals surface area (Å²) < 4.78 is 5.22. The smallest absolute Gasteiger partial charge is 0.108 e. The van der Waals surface area contributed by atoms with Gasteiger partial charge in [-0.3, -0.25) is 0 Å². The van der Waals surface area contributed by atoms with Gasteiger partial charge in [0.2, 0.25) is 0 Å². The maximum Gasteiger partial charge on any atom is 0.108 e. The van der Waals surface area contributed by atoms with Crippen LogP contribution < -0.4 is 0 Å². The van der Waals surface area contributed by atoms with Gasteiger partial charge in [0, 0.05) is 6.42 Å². The van der Waals surface area contributed by atoms with Gasteiger partial charge in [-0.25, -0.2) is 0 Å². The van der Waals surface area contributed by atoms with E-state index in [-0.39, 0.29) is 0 Å². The molecule has 0 saturated carbocycles. The van der Waals surface area contributed by atoms with Crippen LogP contribution in [0.15, 0.2) is 47.1 Å². The van der Waals surface area contributed by atoms with Gasteiger partial charge < -0.3 is 4.42 Å². The summed E-state index contributed by atoms with van der Waals surface area (Å²) in [6.07, 6.45) is 2.55. The van der Waals surface area contributed by atoms with Crippen LogP contribution in [0.1, 0.15) is 11.3 Å². The van der Waals surface area contributed by atoms with Crippen molar-refractivity contribution in [3.05, 3.63) is 60.1 Å². The van der Waals surface area contributed by atoms with Gasteiger partial charge in [0.25, 0.3) is 0 Å². The molecule has 0 spiro atoms. The van der Waals surface area contributed by atoms with E-state index in [2.05, 4.69) is 12.1 Å². The summed E-state index contributed by atoms with van der Waals surface area (Å²) >= 11 is 0. The maximum atomic E-state index is 5.22. The third-order valence-corrected chi connectivity index (χ3v) is 1.73. The second-order valence-corrected chi connectivity index (χ2v) is 2.67. The highest BCUT2D eigenvalue weighted by Gasteiger charge is 1.96. The first-order valence-electron chi connectivity index (χ1n) is 3.92. The fraction of sp³-hybridized carbons (Fsp3) is 0.0909. The van der Waals surface area contributed by atoms with Crippen LogP contribution in [0.25, 0.3) is 0 Å². The lowest BCUT2D eigenvalue weighted by molar-refractivity contribution is 0.521. The molecule has 0 unspecified atom stereocenters. The van der Waals surface area contributed by atoms with Crippen molar-refractivity contribution in [2.45, 2.75) is 6.42 Å². The summed E-state index contributed by atoms with van der Waals surface area (Å²) in [7, 11) is 0. The summed E-state index contributed by atoms with van der Waals surface area (Å²) in [6, 6.07) is 14.8. The average Bonchev–Trinajstić information content (AvgIpc) is 2.59. The van der Waals surface area contributed by atoms with E-state index in [0.29, 0.717) is 0 Å². The quantitative estimate of drug-likeness (QED) is 0.653. The number of furan rings is 1. The molecule has 1 heterocycles. The van der Waals surface area contributed by atoms with E-state index < -0.39 is 0 Å². The predicted octanol–water partition coefficient (Wildman–Crippen LogP) is 2.67. The van der Waals surface area contributed by atoms with E-state index in [4.69, 9.17) is 4.42 Å². The van der Waals surface area contributed by atoms with Crippen LogP contribution in [0, 0.1) is 6.07 Å². The number of rotatable bonds is 2. The second kappa shape index (κ2) is 3.26. The lowest BCUT2D eigenvalue weighted by atomic mass is 10.1. The lowest BCUT2D eigenvalue weighted by Gasteiger charge is -1.95. The largest absolute Gasteiger partial charge is 0.469 e. The zero-order valence-corrected chi connectivity index (χ0v) is 6.66. The molecule has 1 heteroatoms. The van der Waals surface area contributed by atoms with Gasteiger partial charge in [0.1, 0.15) is 5.76 Å².